The Labute approximate surface area is 118 Å². The first-order valence-corrected chi connectivity index (χ1v) is 8.27. The van der Waals surface area contributed by atoms with Crippen molar-refractivity contribution < 1.29 is 13.2 Å². The SMILES string of the molecule is CC(C)C(=O)N(C)C(C)c1ccc(S(=O)(=O)Cl)cc1. The summed E-state index contributed by atoms with van der Waals surface area (Å²) in [6.07, 6.45) is 0. The Kier molecular flexibility index (Phi) is 4.98. The Morgan fingerprint density at radius 3 is 2.00 bits per heavy atom. The van der Waals surface area contributed by atoms with Gasteiger partial charge in [-0.05, 0) is 24.6 Å². The molecule has 4 nitrogen and oxygen atoms in total. The van der Waals surface area contributed by atoms with Crippen molar-refractivity contribution in [2.75, 3.05) is 7.05 Å². The lowest BCUT2D eigenvalue weighted by atomic mass is 10.1. The van der Waals surface area contributed by atoms with Crippen LogP contribution in [-0.4, -0.2) is 26.3 Å². The van der Waals surface area contributed by atoms with Crippen LogP contribution in [0.4, 0.5) is 0 Å². The van der Waals surface area contributed by atoms with Crippen molar-refractivity contribution in [1.29, 1.82) is 0 Å². The minimum atomic E-state index is -3.70. The molecule has 0 saturated carbocycles. The molecule has 1 amide bonds. The maximum Gasteiger partial charge on any atom is 0.261 e. The normalized spacial score (nSPS) is 13.4. The lowest BCUT2D eigenvalue weighted by Crippen LogP contribution is -2.32. The number of benzene rings is 1. The number of carbonyl (C=O) groups is 1. The fourth-order valence-corrected chi connectivity index (χ4v) is 2.50. The van der Waals surface area contributed by atoms with Gasteiger partial charge in [0.25, 0.3) is 9.05 Å². The predicted molar refractivity (Wildman–Crippen MR) is 75.5 cm³/mol. The van der Waals surface area contributed by atoms with Crippen molar-refractivity contribution in [1.82, 2.24) is 4.90 Å². The van der Waals surface area contributed by atoms with Gasteiger partial charge in [0, 0.05) is 23.6 Å². The summed E-state index contributed by atoms with van der Waals surface area (Å²) < 4.78 is 22.3. The van der Waals surface area contributed by atoms with Gasteiger partial charge in [0.1, 0.15) is 0 Å². The third-order valence-electron chi connectivity index (χ3n) is 3.07. The third-order valence-corrected chi connectivity index (χ3v) is 4.44. The van der Waals surface area contributed by atoms with Crippen LogP contribution >= 0.6 is 10.7 Å². The molecular weight excluding hydrogens is 286 g/mol. The summed E-state index contributed by atoms with van der Waals surface area (Å²) in [5.41, 5.74) is 0.862. The van der Waals surface area contributed by atoms with Crippen molar-refractivity contribution in [3.05, 3.63) is 29.8 Å². The van der Waals surface area contributed by atoms with Crippen LogP contribution in [0.2, 0.25) is 0 Å². The van der Waals surface area contributed by atoms with Crippen LogP contribution in [-0.2, 0) is 13.8 Å². The quantitative estimate of drug-likeness (QED) is 0.804. The first-order chi connectivity index (χ1) is 8.64. The van der Waals surface area contributed by atoms with Crippen LogP contribution in [0.3, 0.4) is 0 Å². The molecule has 0 saturated heterocycles. The predicted octanol–water partition coefficient (Wildman–Crippen LogP) is 2.79. The van der Waals surface area contributed by atoms with Gasteiger partial charge in [0.05, 0.1) is 10.9 Å². The molecule has 1 rings (SSSR count). The second kappa shape index (κ2) is 5.92. The molecule has 1 atom stereocenters. The highest BCUT2D eigenvalue weighted by Crippen LogP contribution is 2.23. The number of hydrogen-bond acceptors (Lipinski definition) is 3. The molecule has 6 heteroatoms. The molecule has 0 spiro atoms. The fourth-order valence-electron chi connectivity index (χ4n) is 1.73. The van der Waals surface area contributed by atoms with Gasteiger partial charge in [-0.2, -0.15) is 0 Å². The average Bonchev–Trinajstić information content (AvgIpc) is 2.35. The minimum absolute atomic E-state index is 0.0431. The zero-order chi connectivity index (χ0) is 14.8. The molecule has 0 radical (unpaired) electrons. The molecule has 0 aliphatic heterocycles. The van der Waals surface area contributed by atoms with Crippen LogP contribution in [0.15, 0.2) is 29.2 Å². The molecule has 1 aromatic rings. The third kappa shape index (κ3) is 3.94. The molecule has 1 aromatic carbocycles. The van der Waals surface area contributed by atoms with E-state index in [1.54, 1.807) is 24.1 Å². The lowest BCUT2D eigenvalue weighted by molar-refractivity contribution is -0.135. The van der Waals surface area contributed by atoms with Crippen LogP contribution in [0.1, 0.15) is 32.4 Å². The number of nitrogens with zero attached hydrogens (tertiary/aromatic N) is 1. The number of halogens is 1. The molecule has 19 heavy (non-hydrogen) atoms. The van der Waals surface area contributed by atoms with E-state index in [1.807, 2.05) is 20.8 Å². The Morgan fingerprint density at radius 1 is 1.16 bits per heavy atom. The molecule has 0 heterocycles. The smallest absolute Gasteiger partial charge is 0.261 e. The van der Waals surface area contributed by atoms with Crippen LogP contribution < -0.4 is 0 Å². The summed E-state index contributed by atoms with van der Waals surface area (Å²) >= 11 is 0. The number of rotatable bonds is 4. The van der Waals surface area contributed by atoms with E-state index in [0.29, 0.717) is 0 Å². The van der Waals surface area contributed by atoms with Crippen molar-refractivity contribution in [2.45, 2.75) is 31.7 Å². The van der Waals surface area contributed by atoms with Gasteiger partial charge in [-0.15, -0.1) is 0 Å². The zero-order valence-corrected chi connectivity index (χ0v) is 13.0. The number of amides is 1. The Hall–Kier alpha value is -1.07. The van der Waals surface area contributed by atoms with Gasteiger partial charge in [0.15, 0.2) is 0 Å². The van der Waals surface area contributed by atoms with Crippen LogP contribution in [0, 0.1) is 5.92 Å². The number of hydrogen-bond donors (Lipinski definition) is 0. The minimum Gasteiger partial charge on any atom is -0.339 e. The summed E-state index contributed by atoms with van der Waals surface area (Å²) in [5.74, 6) is -0.0310. The van der Waals surface area contributed by atoms with E-state index in [2.05, 4.69) is 0 Å². The van der Waals surface area contributed by atoms with Crippen molar-refractivity contribution in [3.8, 4) is 0 Å². The van der Waals surface area contributed by atoms with E-state index in [4.69, 9.17) is 10.7 Å². The van der Waals surface area contributed by atoms with Gasteiger partial charge in [0.2, 0.25) is 5.91 Å². The molecule has 0 aromatic heterocycles. The van der Waals surface area contributed by atoms with E-state index >= 15 is 0 Å². The Morgan fingerprint density at radius 2 is 1.63 bits per heavy atom. The van der Waals surface area contributed by atoms with Gasteiger partial charge in [-0.3, -0.25) is 4.79 Å². The molecule has 0 aliphatic carbocycles. The largest absolute Gasteiger partial charge is 0.339 e. The standard InChI is InChI=1S/C13H18ClNO3S/c1-9(2)13(16)15(4)10(3)11-5-7-12(8-6-11)19(14,17)18/h5-10H,1-4H3. The summed E-state index contributed by atoms with van der Waals surface area (Å²) in [7, 11) is 3.28. The van der Waals surface area contributed by atoms with Crippen LogP contribution in [0.25, 0.3) is 0 Å². The van der Waals surface area contributed by atoms with E-state index in [0.717, 1.165) is 5.56 Å². The highest BCUT2D eigenvalue weighted by Gasteiger charge is 2.20. The van der Waals surface area contributed by atoms with Crippen molar-refractivity contribution >= 4 is 25.6 Å². The molecule has 0 aliphatic rings. The molecule has 0 bridgehead atoms. The van der Waals surface area contributed by atoms with E-state index in [9.17, 15) is 13.2 Å². The maximum absolute atomic E-state index is 11.9. The summed E-state index contributed by atoms with van der Waals surface area (Å²) in [6, 6.07) is 6.11. The highest BCUT2D eigenvalue weighted by molar-refractivity contribution is 8.13. The summed E-state index contributed by atoms with van der Waals surface area (Å²) in [5, 5.41) is 0. The van der Waals surface area contributed by atoms with Crippen molar-refractivity contribution in [3.63, 3.8) is 0 Å². The molecule has 0 N–H and O–H groups in total. The fraction of sp³-hybridized carbons (Fsp3) is 0.462. The molecular formula is C13H18ClNO3S. The first-order valence-electron chi connectivity index (χ1n) is 5.96. The van der Waals surface area contributed by atoms with Gasteiger partial charge in [-0.1, -0.05) is 26.0 Å². The van der Waals surface area contributed by atoms with Gasteiger partial charge < -0.3 is 4.90 Å². The molecule has 0 fully saturated rings. The Bertz CT molecular complexity index is 552. The zero-order valence-electron chi connectivity index (χ0n) is 11.4. The Balaban J connectivity index is 2.96. The van der Waals surface area contributed by atoms with E-state index in [1.165, 1.54) is 12.1 Å². The molecule has 1 unspecified atom stereocenters. The average molecular weight is 304 g/mol. The maximum atomic E-state index is 11.9. The van der Waals surface area contributed by atoms with Gasteiger partial charge in [-0.25, -0.2) is 8.42 Å². The van der Waals surface area contributed by atoms with Crippen LogP contribution in [0.5, 0.6) is 0 Å². The second-order valence-electron chi connectivity index (χ2n) is 4.79. The number of carbonyl (C=O) groups excluding carboxylic acids is 1. The van der Waals surface area contributed by atoms with Crippen molar-refractivity contribution in [2.24, 2.45) is 5.92 Å². The van der Waals surface area contributed by atoms with Gasteiger partial charge >= 0.3 is 0 Å². The summed E-state index contributed by atoms with van der Waals surface area (Å²) in [4.78, 5) is 13.6. The van der Waals surface area contributed by atoms with E-state index in [-0.39, 0.29) is 22.8 Å². The summed E-state index contributed by atoms with van der Waals surface area (Å²) in [6.45, 7) is 5.58. The van der Waals surface area contributed by atoms with E-state index < -0.39 is 9.05 Å². The topological polar surface area (TPSA) is 54.5 Å². The first kappa shape index (κ1) is 16.0. The highest BCUT2D eigenvalue weighted by atomic mass is 35.7. The monoisotopic (exact) mass is 303 g/mol. The molecule has 106 valence electrons. The second-order valence-corrected chi connectivity index (χ2v) is 7.35. The lowest BCUT2D eigenvalue weighted by Gasteiger charge is -2.27.